The van der Waals surface area contributed by atoms with Gasteiger partial charge in [-0.2, -0.15) is 0 Å². The maximum atomic E-state index is 12.5. The van der Waals surface area contributed by atoms with Crippen molar-refractivity contribution in [2.24, 2.45) is 17.8 Å². The Morgan fingerprint density at radius 1 is 1.07 bits per heavy atom. The van der Waals surface area contributed by atoms with Crippen molar-refractivity contribution in [2.45, 2.75) is 57.1 Å². The number of H-pyrrole nitrogens is 1. The molecule has 4 fully saturated rings. The van der Waals surface area contributed by atoms with Crippen molar-refractivity contribution in [1.82, 2.24) is 15.6 Å². The first-order valence-corrected chi connectivity index (χ1v) is 10.8. The number of aromatic amines is 1. The summed E-state index contributed by atoms with van der Waals surface area (Å²) in [5, 5.41) is 6.20. The maximum Gasteiger partial charge on any atom is 0.341 e. The summed E-state index contributed by atoms with van der Waals surface area (Å²) in [5.74, 6) is 0.872. The van der Waals surface area contributed by atoms with Crippen LogP contribution in [-0.4, -0.2) is 34.5 Å². The number of carbonyl (C=O) groups is 3. The van der Waals surface area contributed by atoms with Crippen LogP contribution in [0.25, 0.3) is 10.9 Å². The van der Waals surface area contributed by atoms with Gasteiger partial charge < -0.3 is 15.0 Å². The average Bonchev–Trinajstić information content (AvgIpc) is 3.10. The van der Waals surface area contributed by atoms with Gasteiger partial charge >= 0.3 is 12.0 Å². The number of carbonyl (C=O) groups excluding carboxylic acids is 3. The lowest BCUT2D eigenvalue weighted by Crippen LogP contribution is -2.62. The molecule has 2 aromatic rings. The van der Waals surface area contributed by atoms with Crippen LogP contribution in [0.1, 0.15) is 55.8 Å². The van der Waals surface area contributed by atoms with Gasteiger partial charge in [-0.25, -0.2) is 9.59 Å². The molecule has 0 radical (unpaired) electrons. The molecule has 3 N–H and O–H groups in total. The molecule has 1 atom stereocenters. The number of ether oxygens (including phenoxy) is 1. The van der Waals surface area contributed by atoms with Gasteiger partial charge in [-0.15, -0.1) is 0 Å². The van der Waals surface area contributed by atoms with Crippen LogP contribution in [0, 0.1) is 17.8 Å². The highest BCUT2D eigenvalue weighted by molar-refractivity contribution is 6.05. The highest BCUT2D eigenvalue weighted by Gasteiger charge is 2.51. The van der Waals surface area contributed by atoms with Gasteiger partial charge in [0.15, 0.2) is 6.10 Å². The summed E-state index contributed by atoms with van der Waals surface area (Å²) in [4.78, 5) is 40.5. The fraction of sp³-hybridized carbons (Fsp3) is 0.522. The second-order valence-corrected chi connectivity index (χ2v) is 9.44. The molecule has 6 rings (SSSR count). The van der Waals surface area contributed by atoms with Crippen molar-refractivity contribution in [3.05, 3.63) is 36.0 Å². The molecule has 1 aromatic carbocycles. The first-order valence-electron chi connectivity index (χ1n) is 10.8. The van der Waals surface area contributed by atoms with Gasteiger partial charge in [0.05, 0.1) is 5.56 Å². The van der Waals surface area contributed by atoms with Crippen LogP contribution in [0.2, 0.25) is 0 Å². The smallest absolute Gasteiger partial charge is 0.341 e. The van der Waals surface area contributed by atoms with E-state index in [4.69, 9.17) is 4.74 Å². The van der Waals surface area contributed by atoms with Crippen molar-refractivity contribution in [1.29, 1.82) is 0 Å². The first-order chi connectivity index (χ1) is 14.4. The lowest BCUT2D eigenvalue weighted by atomic mass is 9.53. The van der Waals surface area contributed by atoms with Crippen LogP contribution in [0.3, 0.4) is 0 Å². The van der Waals surface area contributed by atoms with Gasteiger partial charge in [0.2, 0.25) is 0 Å². The lowest BCUT2D eigenvalue weighted by molar-refractivity contribution is -0.128. The minimum Gasteiger partial charge on any atom is -0.449 e. The number of aromatic nitrogens is 1. The van der Waals surface area contributed by atoms with E-state index in [2.05, 4.69) is 15.6 Å². The first kappa shape index (κ1) is 19.2. The number of fused-ring (bicyclic) bond motifs is 1. The number of imide groups is 1. The Hall–Kier alpha value is -2.83. The number of benzene rings is 1. The second-order valence-electron chi connectivity index (χ2n) is 9.44. The Balaban J connectivity index is 1.18. The number of hydrogen-bond donors (Lipinski definition) is 3. The summed E-state index contributed by atoms with van der Waals surface area (Å²) in [6.45, 7) is 1.47. The standard InChI is InChI=1S/C23H27N3O4/c1-13(30-21(28)18-12-24-19-5-3-2-4-17(18)19)20(27)25-22(29)26-23-9-14-6-15(10-23)8-16(7-14)11-23/h2-5,12-16,24H,6-11H2,1H3,(H2,25,26,27,29)/t13-,14?,15?,16?,23?/m0/s1. The molecule has 0 saturated heterocycles. The van der Waals surface area contributed by atoms with E-state index < -0.39 is 24.0 Å². The van der Waals surface area contributed by atoms with E-state index in [0.717, 1.165) is 30.2 Å². The maximum absolute atomic E-state index is 12.5. The number of nitrogens with one attached hydrogen (secondary N) is 3. The third-order valence-electron chi connectivity index (χ3n) is 7.12. The topological polar surface area (TPSA) is 100 Å². The van der Waals surface area contributed by atoms with Crippen LogP contribution in [0.5, 0.6) is 0 Å². The molecular formula is C23H27N3O4. The molecule has 0 spiro atoms. The Bertz CT molecular complexity index is 976. The highest BCUT2D eigenvalue weighted by atomic mass is 16.5. The highest BCUT2D eigenvalue weighted by Crippen LogP contribution is 2.55. The number of urea groups is 1. The predicted molar refractivity (Wildman–Crippen MR) is 111 cm³/mol. The number of hydrogen-bond acceptors (Lipinski definition) is 4. The summed E-state index contributed by atoms with van der Waals surface area (Å²) in [6, 6.07) is 6.88. The van der Waals surface area contributed by atoms with E-state index in [1.165, 1.54) is 26.2 Å². The third-order valence-corrected chi connectivity index (χ3v) is 7.12. The fourth-order valence-electron chi connectivity index (χ4n) is 6.27. The van der Waals surface area contributed by atoms with Gasteiger partial charge in [-0.05, 0) is 69.3 Å². The largest absolute Gasteiger partial charge is 0.449 e. The Morgan fingerprint density at radius 2 is 1.70 bits per heavy atom. The van der Waals surface area contributed by atoms with Crippen LogP contribution in [0.4, 0.5) is 4.79 Å². The molecular weight excluding hydrogens is 382 g/mol. The summed E-state index contributed by atoms with van der Waals surface area (Å²) in [6.07, 6.45) is 7.35. The summed E-state index contributed by atoms with van der Waals surface area (Å²) >= 11 is 0. The SMILES string of the molecule is C[C@H](OC(=O)c1c[nH]c2ccccc12)C(=O)NC(=O)NC12CC3CC(CC(C3)C1)C2. The van der Waals surface area contributed by atoms with Crippen LogP contribution in [-0.2, 0) is 9.53 Å². The molecule has 1 aromatic heterocycles. The predicted octanol–water partition coefficient (Wildman–Crippen LogP) is 3.51. The monoisotopic (exact) mass is 409 g/mol. The minimum absolute atomic E-state index is 0.178. The van der Waals surface area contributed by atoms with Crippen LogP contribution >= 0.6 is 0 Å². The summed E-state index contributed by atoms with van der Waals surface area (Å²) in [5.41, 5.74) is 1.00. The summed E-state index contributed by atoms with van der Waals surface area (Å²) in [7, 11) is 0. The minimum atomic E-state index is -1.08. The normalized spacial score (nSPS) is 30.1. The van der Waals surface area contributed by atoms with E-state index in [1.54, 1.807) is 6.20 Å². The molecule has 4 bridgehead atoms. The molecule has 0 aliphatic heterocycles. The Kier molecular flexibility index (Phi) is 4.56. The van der Waals surface area contributed by atoms with Crippen molar-refractivity contribution in [2.75, 3.05) is 0 Å². The molecule has 158 valence electrons. The molecule has 3 amide bonds. The van der Waals surface area contributed by atoms with Crippen molar-refractivity contribution in [3.63, 3.8) is 0 Å². The number of rotatable bonds is 4. The number of para-hydroxylation sites is 1. The van der Waals surface area contributed by atoms with E-state index in [0.29, 0.717) is 23.3 Å². The molecule has 1 heterocycles. The van der Waals surface area contributed by atoms with Gasteiger partial charge in [0, 0.05) is 22.6 Å². The van der Waals surface area contributed by atoms with E-state index in [1.807, 2.05) is 24.3 Å². The van der Waals surface area contributed by atoms with Crippen molar-refractivity contribution < 1.29 is 19.1 Å². The van der Waals surface area contributed by atoms with Crippen molar-refractivity contribution >= 4 is 28.8 Å². The molecule has 4 saturated carbocycles. The zero-order chi connectivity index (χ0) is 20.9. The van der Waals surface area contributed by atoms with Crippen LogP contribution < -0.4 is 10.6 Å². The molecule has 4 aliphatic carbocycles. The molecule has 4 aliphatic rings. The van der Waals surface area contributed by atoms with Gasteiger partial charge in [0.1, 0.15) is 0 Å². The molecule has 7 nitrogen and oxygen atoms in total. The van der Waals surface area contributed by atoms with Gasteiger partial charge in [0.25, 0.3) is 5.91 Å². The van der Waals surface area contributed by atoms with Gasteiger partial charge in [-0.1, -0.05) is 18.2 Å². The molecule has 7 heteroatoms. The van der Waals surface area contributed by atoms with E-state index in [9.17, 15) is 14.4 Å². The number of amides is 3. The molecule has 0 unspecified atom stereocenters. The zero-order valence-corrected chi connectivity index (χ0v) is 17.1. The zero-order valence-electron chi connectivity index (χ0n) is 17.1. The lowest BCUT2D eigenvalue weighted by Gasteiger charge is -2.56. The molecule has 30 heavy (non-hydrogen) atoms. The average molecular weight is 409 g/mol. The van der Waals surface area contributed by atoms with E-state index >= 15 is 0 Å². The van der Waals surface area contributed by atoms with Gasteiger partial charge in [-0.3, -0.25) is 10.1 Å². The van der Waals surface area contributed by atoms with Crippen LogP contribution in [0.15, 0.2) is 30.5 Å². The van der Waals surface area contributed by atoms with Crippen molar-refractivity contribution in [3.8, 4) is 0 Å². The number of esters is 1. The Labute approximate surface area is 174 Å². The summed E-state index contributed by atoms with van der Waals surface area (Å²) < 4.78 is 5.31. The Morgan fingerprint density at radius 3 is 2.37 bits per heavy atom. The third kappa shape index (κ3) is 3.46. The van der Waals surface area contributed by atoms with E-state index in [-0.39, 0.29) is 5.54 Å². The quantitative estimate of drug-likeness (QED) is 0.673. The second kappa shape index (κ2) is 7.15. The fourth-order valence-corrected chi connectivity index (χ4v) is 6.27.